The van der Waals surface area contributed by atoms with Gasteiger partial charge in [-0.15, -0.1) is 0 Å². The number of rotatable bonds is 0. The third-order valence-corrected chi connectivity index (χ3v) is 2.22. The van der Waals surface area contributed by atoms with Crippen LogP contribution in [0.5, 0.6) is 0 Å². The first-order valence-electron chi connectivity index (χ1n) is 4.62. The van der Waals surface area contributed by atoms with Gasteiger partial charge in [0.2, 0.25) is 0 Å². The van der Waals surface area contributed by atoms with Gasteiger partial charge in [-0.3, -0.25) is 0 Å². The Hall–Kier alpha value is 0.238. The molecule has 0 aliphatic rings. The molecule has 0 bridgehead atoms. The van der Waals surface area contributed by atoms with Crippen LogP contribution in [0.15, 0.2) is 24.3 Å². The molecule has 20 heavy (non-hydrogen) atoms. The Balaban J connectivity index is -0.000000209. The first-order valence-corrected chi connectivity index (χ1v) is 8.08. The molecule has 0 unspecified atom stereocenters. The van der Waals surface area contributed by atoms with Crippen molar-refractivity contribution in [2.45, 2.75) is 6.92 Å². The molecule has 10 heteroatoms. The summed E-state index contributed by atoms with van der Waals surface area (Å²) < 4.78 is 1.63. The number of benzene rings is 1. The summed E-state index contributed by atoms with van der Waals surface area (Å²) in [5, 5.41) is 0. The molecule has 0 amide bonds. The largest absolute Gasteiger partial charge is 0.415 e. The number of hydrogen-bond donors (Lipinski definition) is 3. The van der Waals surface area contributed by atoms with Gasteiger partial charge < -0.3 is 91.7 Å². The zero-order valence-corrected chi connectivity index (χ0v) is 17.3. The van der Waals surface area contributed by atoms with Gasteiger partial charge >= 0.3 is 60.5 Å². The summed E-state index contributed by atoms with van der Waals surface area (Å²) in [6.07, 6.45) is 0. The Kier molecular flexibility index (Phi) is 21.8. The van der Waals surface area contributed by atoms with Crippen molar-refractivity contribution in [2.24, 2.45) is 17.2 Å². The van der Waals surface area contributed by atoms with E-state index in [0.717, 1.165) is 0 Å². The van der Waals surface area contributed by atoms with E-state index >= 15 is 0 Å². The van der Waals surface area contributed by atoms with Gasteiger partial charge in [-0.1, -0.05) is 13.0 Å². The van der Waals surface area contributed by atoms with Crippen LogP contribution in [0.4, 0.5) is 0 Å². The van der Waals surface area contributed by atoms with Crippen LogP contribution in [0.3, 0.4) is 0 Å². The minimum atomic E-state index is 0.0833. The van der Waals surface area contributed by atoms with Crippen LogP contribution in [-0.2, 0) is 57.7 Å². The van der Waals surface area contributed by atoms with E-state index in [1.54, 1.807) is 0 Å². The number of hydrogen-bond acceptors (Lipinski definition) is 6. The summed E-state index contributed by atoms with van der Waals surface area (Å²) in [5.41, 5.74) is 15.3. The van der Waals surface area contributed by atoms with Gasteiger partial charge in [0.15, 0.2) is 0 Å². The standard InChI is InChI=1S/C7H7.3CH3NS2.Mo/c1-7-5-3-2-4-6-7;3*2-1(3)4;/h2-5H,1H3;3*(H3,2,3,4);/q;;;;+3/p-3. The second kappa shape index (κ2) is 17.3. The van der Waals surface area contributed by atoms with Gasteiger partial charge in [-0.25, -0.2) is 0 Å². The summed E-state index contributed by atoms with van der Waals surface area (Å²) in [4.78, 5) is 0. The van der Waals surface area contributed by atoms with Crippen molar-refractivity contribution < 1.29 is 19.8 Å². The molecule has 0 heterocycles. The van der Waals surface area contributed by atoms with E-state index in [1.807, 2.05) is 0 Å². The molecule has 0 spiro atoms. The summed E-state index contributed by atoms with van der Waals surface area (Å²) in [6, 6.07) is 8.37. The van der Waals surface area contributed by atoms with Gasteiger partial charge in [0.05, 0.1) is 0 Å². The Labute approximate surface area is 163 Å². The van der Waals surface area contributed by atoms with E-state index < -0.39 is 0 Å². The number of aryl methyl sites for hydroxylation is 1. The summed E-state index contributed by atoms with van der Waals surface area (Å²) in [7, 11) is 0. The van der Waals surface area contributed by atoms with Crippen molar-refractivity contribution in [3.8, 4) is 0 Å². The fourth-order valence-electron chi connectivity index (χ4n) is 0.556. The molecule has 0 radical (unpaired) electrons. The second-order valence-corrected chi connectivity index (χ2v) is 7.22. The smallest absolute Gasteiger partial charge is 0.0708 e. The maximum absolute atomic E-state index is 4.66. The molecule has 1 aromatic carbocycles. The molecule has 0 saturated heterocycles. The number of nitrogens with two attached hydrogens (primary N) is 3. The summed E-state index contributed by atoms with van der Waals surface area (Å²) in [6.45, 7) is 2.12. The van der Waals surface area contributed by atoms with Crippen LogP contribution in [0.2, 0.25) is 0 Å². The first kappa shape index (κ1) is 25.2. The SMILES string of the molecule is Cc1cccc[c]1[Mo+3].NC(=S)[S-].NC(=S)[S-].NC(=S)[S-]. The molecule has 6 N–H and O–H groups in total. The third-order valence-electron chi connectivity index (χ3n) is 1.09. The van der Waals surface area contributed by atoms with Crippen LogP contribution in [0, 0.1) is 6.92 Å². The fraction of sp³-hybridized carbons (Fsp3) is 0.100. The molecular weight excluding hydrogens is 450 g/mol. The third kappa shape index (κ3) is 42.9. The maximum Gasteiger partial charge on any atom is -0.0708 e. The van der Waals surface area contributed by atoms with Crippen molar-refractivity contribution in [1.29, 1.82) is 0 Å². The fourth-order valence-corrected chi connectivity index (χ4v) is 0.917. The normalized spacial score (nSPS) is 7.20. The Bertz CT molecular complexity index is 366. The van der Waals surface area contributed by atoms with Gasteiger partial charge in [0.1, 0.15) is 0 Å². The first-order chi connectivity index (χ1) is 9.00. The van der Waals surface area contributed by atoms with E-state index in [2.05, 4.69) is 143 Å². The van der Waals surface area contributed by atoms with Crippen LogP contribution in [0.25, 0.3) is 0 Å². The molecule has 3 nitrogen and oxygen atoms in total. The van der Waals surface area contributed by atoms with Gasteiger partial charge in [0, 0.05) is 0 Å². The Morgan fingerprint density at radius 1 is 0.900 bits per heavy atom. The predicted molar refractivity (Wildman–Crippen MR) is 103 cm³/mol. The van der Waals surface area contributed by atoms with E-state index in [1.165, 1.54) is 9.52 Å². The summed E-state index contributed by atoms with van der Waals surface area (Å²) in [5.74, 6) is 0. The molecule has 0 aromatic heterocycles. The Morgan fingerprint density at radius 2 is 1.15 bits per heavy atom. The zero-order valence-electron chi connectivity index (χ0n) is 10.4. The number of thiocarbonyl (C=S) groups is 3. The van der Waals surface area contributed by atoms with E-state index in [0.29, 0.717) is 0 Å². The van der Waals surface area contributed by atoms with E-state index in [4.69, 9.17) is 0 Å². The van der Waals surface area contributed by atoms with Gasteiger partial charge in [-0.05, 0) is 0 Å². The molecule has 0 saturated carbocycles. The minimum absolute atomic E-state index is 0.0833. The van der Waals surface area contributed by atoms with Crippen molar-refractivity contribution in [1.82, 2.24) is 0 Å². The van der Waals surface area contributed by atoms with Crippen molar-refractivity contribution in [3.05, 3.63) is 29.8 Å². The molecular formula is C10H13MoN3S6. The molecule has 0 atom stereocenters. The van der Waals surface area contributed by atoms with Crippen LogP contribution < -0.4 is 21.2 Å². The molecule has 110 valence electrons. The topological polar surface area (TPSA) is 78.1 Å². The summed E-state index contributed by atoms with van der Waals surface area (Å²) >= 11 is 26.8. The van der Waals surface area contributed by atoms with E-state index in [9.17, 15) is 0 Å². The monoisotopic (exact) mass is 465 g/mol. The average Bonchev–Trinajstić information content (AvgIpc) is 2.20. The van der Waals surface area contributed by atoms with Gasteiger partial charge in [-0.2, -0.15) is 0 Å². The van der Waals surface area contributed by atoms with Crippen LogP contribution in [-0.4, -0.2) is 13.0 Å². The van der Waals surface area contributed by atoms with E-state index in [-0.39, 0.29) is 13.0 Å². The maximum atomic E-state index is 4.66. The zero-order chi connectivity index (χ0) is 16.7. The van der Waals surface area contributed by atoms with Crippen molar-refractivity contribution in [3.63, 3.8) is 0 Å². The predicted octanol–water partition coefficient (Wildman–Crippen LogP) is 0.498. The minimum Gasteiger partial charge on any atom is -0.415 e. The Morgan fingerprint density at radius 3 is 1.30 bits per heavy atom. The van der Waals surface area contributed by atoms with Crippen LogP contribution >= 0.6 is 36.7 Å². The molecule has 1 rings (SSSR count). The van der Waals surface area contributed by atoms with Crippen molar-refractivity contribution in [2.75, 3.05) is 0 Å². The quantitative estimate of drug-likeness (QED) is 0.290. The molecule has 0 aliphatic heterocycles. The molecule has 0 fully saturated rings. The molecule has 1 aromatic rings. The van der Waals surface area contributed by atoms with Crippen molar-refractivity contribution >= 4 is 91.5 Å². The van der Waals surface area contributed by atoms with Crippen LogP contribution in [0.1, 0.15) is 5.56 Å². The average molecular weight is 464 g/mol. The second-order valence-electron chi connectivity index (χ2n) is 2.72. The molecule has 0 aliphatic carbocycles. The van der Waals surface area contributed by atoms with Gasteiger partial charge in [0.25, 0.3) is 0 Å².